The standard InChI is InChI=1S/C21H22N4O2/c1-25(12-11-19(26)16-5-3-2-4-6-16)21(27)17-9-7-15(8-10-17)18-13-23-14-20(22)24-18/h2-10,13-14,19,26H,11-12H2,1H3,(H2,22,24). The molecule has 138 valence electrons. The van der Waals surface area contributed by atoms with Crippen molar-refractivity contribution in [1.82, 2.24) is 14.9 Å². The van der Waals surface area contributed by atoms with E-state index in [4.69, 9.17) is 5.73 Å². The molecule has 6 heteroatoms. The third-order valence-corrected chi connectivity index (χ3v) is 4.35. The Morgan fingerprint density at radius 2 is 1.81 bits per heavy atom. The van der Waals surface area contributed by atoms with Gasteiger partial charge in [-0.25, -0.2) is 4.98 Å². The average Bonchev–Trinajstić information content (AvgIpc) is 2.72. The summed E-state index contributed by atoms with van der Waals surface area (Å²) < 4.78 is 0. The molecule has 3 aromatic rings. The van der Waals surface area contributed by atoms with Crippen molar-refractivity contribution in [2.45, 2.75) is 12.5 Å². The van der Waals surface area contributed by atoms with Crippen LogP contribution in [-0.2, 0) is 0 Å². The highest BCUT2D eigenvalue weighted by Gasteiger charge is 2.14. The van der Waals surface area contributed by atoms with Crippen LogP contribution >= 0.6 is 0 Å². The van der Waals surface area contributed by atoms with Crippen LogP contribution in [0.5, 0.6) is 0 Å². The number of hydrogen-bond donors (Lipinski definition) is 2. The Balaban J connectivity index is 1.61. The van der Waals surface area contributed by atoms with Gasteiger partial charge in [-0.2, -0.15) is 0 Å². The minimum atomic E-state index is -0.592. The van der Waals surface area contributed by atoms with Crippen LogP contribution in [0.25, 0.3) is 11.3 Å². The van der Waals surface area contributed by atoms with E-state index < -0.39 is 6.10 Å². The van der Waals surface area contributed by atoms with Crippen LogP contribution in [0.2, 0.25) is 0 Å². The lowest BCUT2D eigenvalue weighted by atomic mass is 10.1. The van der Waals surface area contributed by atoms with Gasteiger partial charge in [-0.3, -0.25) is 9.78 Å². The van der Waals surface area contributed by atoms with Gasteiger partial charge >= 0.3 is 0 Å². The van der Waals surface area contributed by atoms with Crippen LogP contribution in [0.15, 0.2) is 67.0 Å². The fourth-order valence-electron chi connectivity index (χ4n) is 2.78. The third-order valence-electron chi connectivity index (χ3n) is 4.35. The summed E-state index contributed by atoms with van der Waals surface area (Å²) >= 11 is 0. The van der Waals surface area contributed by atoms with Crippen molar-refractivity contribution in [3.63, 3.8) is 0 Å². The predicted octanol–water partition coefficient (Wildman–Crippen LogP) is 2.92. The van der Waals surface area contributed by atoms with Crippen LogP contribution in [0.1, 0.15) is 28.4 Å². The van der Waals surface area contributed by atoms with Gasteiger partial charge in [0, 0.05) is 24.7 Å². The Morgan fingerprint density at radius 1 is 1.11 bits per heavy atom. The zero-order valence-corrected chi connectivity index (χ0v) is 15.1. The maximum atomic E-state index is 12.6. The van der Waals surface area contributed by atoms with Gasteiger partial charge in [-0.15, -0.1) is 0 Å². The number of anilines is 1. The molecule has 0 fully saturated rings. The number of rotatable bonds is 6. The van der Waals surface area contributed by atoms with Crippen molar-refractivity contribution in [2.75, 3.05) is 19.3 Å². The van der Waals surface area contributed by atoms with Gasteiger partial charge in [0.2, 0.25) is 0 Å². The molecule has 2 aromatic carbocycles. The molecule has 3 rings (SSSR count). The number of carbonyl (C=O) groups excluding carboxylic acids is 1. The van der Waals surface area contributed by atoms with E-state index in [-0.39, 0.29) is 5.91 Å². The van der Waals surface area contributed by atoms with Crippen molar-refractivity contribution in [3.8, 4) is 11.3 Å². The monoisotopic (exact) mass is 362 g/mol. The molecule has 0 spiro atoms. The molecule has 0 aliphatic carbocycles. The molecule has 0 radical (unpaired) electrons. The Hall–Kier alpha value is -3.25. The van der Waals surface area contributed by atoms with Gasteiger partial charge in [0.1, 0.15) is 5.82 Å². The minimum Gasteiger partial charge on any atom is -0.388 e. The van der Waals surface area contributed by atoms with E-state index in [2.05, 4.69) is 9.97 Å². The fraction of sp³-hybridized carbons (Fsp3) is 0.190. The molecule has 1 atom stereocenters. The highest BCUT2D eigenvalue weighted by atomic mass is 16.3. The Kier molecular flexibility index (Phi) is 5.78. The van der Waals surface area contributed by atoms with Crippen LogP contribution in [0.4, 0.5) is 5.82 Å². The highest BCUT2D eigenvalue weighted by molar-refractivity contribution is 5.94. The van der Waals surface area contributed by atoms with Crippen molar-refractivity contribution < 1.29 is 9.90 Å². The summed E-state index contributed by atoms with van der Waals surface area (Å²) in [7, 11) is 1.73. The van der Waals surface area contributed by atoms with Crippen molar-refractivity contribution in [2.24, 2.45) is 0 Å². The Morgan fingerprint density at radius 3 is 2.48 bits per heavy atom. The summed E-state index contributed by atoms with van der Waals surface area (Å²) in [5.41, 5.74) is 8.59. The van der Waals surface area contributed by atoms with E-state index in [0.717, 1.165) is 11.1 Å². The maximum Gasteiger partial charge on any atom is 0.253 e. The van der Waals surface area contributed by atoms with Crippen molar-refractivity contribution in [3.05, 3.63) is 78.1 Å². The van der Waals surface area contributed by atoms with E-state index in [1.807, 2.05) is 42.5 Å². The zero-order chi connectivity index (χ0) is 19.2. The quantitative estimate of drug-likeness (QED) is 0.703. The molecule has 27 heavy (non-hydrogen) atoms. The lowest BCUT2D eigenvalue weighted by molar-refractivity contribution is 0.0761. The number of nitrogen functional groups attached to an aromatic ring is 1. The summed E-state index contributed by atoms with van der Waals surface area (Å²) in [5.74, 6) is 0.254. The molecule has 6 nitrogen and oxygen atoms in total. The summed E-state index contributed by atoms with van der Waals surface area (Å²) in [4.78, 5) is 22.5. The maximum absolute atomic E-state index is 12.6. The first-order chi connectivity index (χ1) is 13.0. The lowest BCUT2D eigenvalue weighted by Gasteiger charge is -2.19. The Labute approximate surface area is 158 Å². The molecular weight excluding hydrogens is 340 g/mol. The molecular formula is C21H22N4O2. The molecule has 1 unspecified atom stereocenters. The highest BCUT2D eigenvalue weighted by Crippen LogP contribution is 2.19. The van der Waals surface area contributed by atoms with Crippen LogP contribution in [0.3, 0.4) is 0 Å². The number of nitrogens with two attached hydrogens (primary N) is 1. The summed E-state index contributed by atoms with van der Waals surface area (Å²) in [6.45, 7) is 0.456. The van der Waals surface area contributed by atoms with Crippen LogP contribution in [-0.4, -0.2) is 39.5 Å². The van der Waals surface area contributed by atoms with E-state index in [0.29, 0.717) is 30.0 Å². The van der Waals surface area contributed by atoms with Gasteiger partial charge < -0.3 is 15.7 Å². The number of nitrogens with zero attached hydrogens (tertiary/aromatic N) is 3. The van der Waals surface area contributed by atoms with E-state index in [1.54, 1.807) is 30.3 Å². The molecule has 3 N–H and O–H groups in total. The molecule has 0 aliphatic rings. The number of aromatic nitrogens is 2. The molecule has 0 aliphatic heterocycles. The molecule has 0 saturated carbocycles. The van der Waals surface area contributed by atoms with Gasteiger partial charge in [-0.05, 0) is 24.1 Å². The average molecular weight is 362 g/mol. The fourth-order valence-corrected chi connectivity index (χ4v) is 2.78. The predicted molar refractivity (Wildman–Crippen MR) is 105 cm³/mol. The minimum absolute atomic E-state index is 0.0968. The molecule has 0 bridgehead atoms. The SMILES string of the molecule is CN(CCC(O)c1ccccc1)C(=O)c1ccc(-c2cncc(N)n2)cc1. The lowest BCUT2D eigenvalue weighted by Crippen LogP contribution is -2.28. The number of aliphatic hydroxyl groups is 1. The van der Waals surface area contributed by atoms with Gasteiger partial charge in [0.15, 0.2) is 0 Å². The molecule has 1 heterocycles. The second kappa shape index (κ2) is 8.42. The van der Waals surface area contributed by atoms with E-state index in [1.165, 1.54) is 6.20 Å². The van der Waals surface area contributed by atoms with Gasteiger partial charge in [0.25, 0.3) is 5.91 Å². The molecule has 1 aromatic heterocycles. The normalized spacial score (nSPS) is 11.8. The number of aliphatic hydroxyl groups excluding tert-OH is 1. The third kappa shape index (κ3) is 4.68. The topological polar surface area (TPSA) is 92.3 Å². The first-order valence-electron chi connectivity index (χ1n) is 8.71. The van der Waals surface area contributed by atoms with Crippen LogP contribution in [0, 0.1) is 0 Å². The number of benzene rings is 2. The second-order valence-corrected chi connectivity index (χ2v) is 6.35. The number of carbonyl (C=O) groups is 1. The van der Waals surface area contributed by atoms with E-state index >= 15 is 0 Å². The van der Waals surface area contributed by atoms with E-state index in [9.17, 15) is 9.90 Å². The largest absolute Gasteiger partial charge is 0.388 e. The van der Waals surface area contributed by atoms with Crippen molar-refractivity contribution >= 4 is 11.7 Å². The van der Waals surface area contributed by atoms with Gasteiger partial charge in [0.05, 0.1) is 24.2 Å². The van der Waals surface area contributed by atoms with Crippen LogP contribution < -0.4 is 5.73 Å². The molecule has 1 amide bonds. The molecule has 0 saturated heterocycles. The first kappa shape index (κ1) is 18.5. The zero-order valence-electron chi connectivity index (χ0n) is 15.1. The number of amides is 1. The smallest absolute Gasteiger partial charge is 0.253 e. The number of hydrogen-bond acceptors (Lipinski definition) is 5. The summed E-state index contributed by atoms with van der Waals surface area (Å²) in [6, 6.07) is 16.6. The van der Waals surface area contributed by atoms with Crippen molar-refractivity contribution in [1.29, 1.82) is 0 Å². The Bertz CT molecular complexity index is 898. The summed E-state index contributed by atoms with van der Waals surface area (Å²) in [5, 5.41) is 10.2. The van der Waals surface area contributed by atoms with Gasteiger partial charge in [-0.1, -0.05) is 42.5 Å². The first-order valence-corrected chi connectivity index (χ1v) is 8.71. The summed E-state index contributed by atoms with van der Waals surface area (Å²) in [6.07, 6.45) is 3.00. The second-order valence-electron chi connectivity index (χ2n) is 6.35.